The van der Waals surface area contributed by atoms with E-state index < -0.39 is 0 Å². The molecule has 0 radical (unpaired) electrons. The van der Waals surface area contributed by atoms with E-state index in [1.165, 1.54) is 5.56 Å². The molecule has 5 nitrogen and oxygen atoms in total. The van der Waals surface area contributed by atoms with Gasteiger partial charge in [0.15, 0.2) is 0 Å². The minimum absolute atomic E-state index is 0.311. The number of nitrogens with zero attached hydrogens (tertiary/aromatic N) is 3. The molecule has 3 aromatic rings. The first kappa shape index (κ1) is 13.8. The fourth-order valence-electron chi connectivity index (χ4n) is 2.24. The Morgan fingerprint density at radius 1 is 1.19 bits per heavy atom. The van der Waals surface area contributed by atoms with E-state index in [0.29, 0.717) is 12.5 Å². The Morgan fingerprint density at radius 2 is 2.05 bits per heavy atom. The van der Waals surface area contributed by atoms with E-state index in [4.69, 9.17) is 0 Å². The van der Waals surface area contributed by atoms with Crippen molar-refractivity contribution in [2.24, 2.45) is 0 Å². The highest BCUT2D eigenvalue weighted by Crippen LogP contribution is 2.31. The van der Waals surface area contributed by atoms with Gasteiger partial charge in [-0.2, -0.15) is 5.10 Å². The van der Waals surface area contributed by atoms with Gasteiger partial charge < -0.3 is 5.32 Å². The number of H-pyrrole nitrogens is 1. The van der Waals surface area contributed by atoms with Crippen LogP contribution >= 0.6 is 11.3 Å². The predicted molar refractivity (Wildman–Crippen MR) is 84.4 cm³/mol. The van der Waals surface area contributed by atoms with Crippen molar-refractivity contribution in [3.8, 4) is 0 Å². The molecule has 0 aliphatic carbocycles. The Bertz CT molecular complexity index is 662. The zero-order valence-electron chi connectivity index (χ0n) is 11.8. The van der Waals surface area contributed by atoms with E-state index >= 15 is 0 Å². The molecular weight excluding hydrogens is 282 g/mol. The zero-order valence-corrected chi connectivity index (χ0v) is 12.6. The highest BCUT2D eigenvalue weighted by atomic mass is 32.1. The number of aromatic nitrogens is 4. The number of hydrogen-bond acceptors (Lipinski definition) is 5. The molecule has 0 saturated heterocycles. The molecule has 2 aromatic heterocycles. The lowest BCUT2D eigenvalue weighted by Gasteiger charge is -2.11. The highest BCUT2D eigenvalue weighted by molar-refractivity contribution is 7.15. The molecule has 1 atom stereocenters. The van der Waals surface area contributed by atoms with Gasteiger partial charge in [-0.1, -0.05) is 48.6 Å². The average Bonchev–Trinajstić information content (AvgIpc) is 3.19. The summed E-state index contributed by atoms with van der Waals surface area (Å²) in [6, 6.07) is 12.4. The van der Waals surface area contributed by atoms with Crippen molar-refractivity contribution in [2.75, 3.05) is 5.32 Å². The van der Waals surface area contributed by atoms with Gasteiger partial charge in [0.25, 0.3) is 0 Å². The van der Waals surface area contributed by atoms with Crippen LogP contribution in [-0.2, 0) is 6.54 Å². The maximum atomic E-state index is 4.34. The molecule has 21 heavy (non-hydrogen) atoms. The molecule has 6 heteroatoms. The van der Waals surface area contributed by atoms with E-state index in [9.17, 15) is 0 Å². The van der Waals surface area contributed by atoms with Gasteiger partial charge in [0, 0.05) is 12.1 Å². The summed E-state index contributed by atoms with van der Waals surface area (Å²) >= 11 is 1.61. The second kappa shape index (κ2) is 6.49. The molecule has 3 rings (SSSR count). The van der Waals surface area contributed by atoms with E-state index in [-0.39, 0.29) is 0 Å². The third kappa shape index (κ3) is 3.28. The van der Waals surface area contributed by atoms with Crippen LogP contribution < -0.4 is 5.32 Å². The number of anilines is 1. The van der Waals surface area contributed by atoms with Gasteiger partial charge in [-0.3, -0.25) is 5.10 Å². The second-order valence-electron chi connectivity index (χ2n) is 4.75. The van der Waals surface area contributed by atoms with Crippen molar-refractivity contribution < 1.29 is 0 Å². The Kier molecular flexibility index (Phi) is 4.25. The third-order valence-electron chi connectivity index (χ3n) is 3.34. The van der Waals surface area contributed by atoms with Gasteiger partial charge in [-0.05, 0) is 18.1 Å². The topological polar surface area (TPSA) is 66.5 Å². The second-order valence-corrected chi connectivity index (χ2v) is 5.76. The van der Waals surface area contributed by atoms with Crippen LogP contribution in [0.1, 0.15) is 35.5 Å². The summed E-state index contributed by atoms with van der Waals surface area (Å²) in [5, 5.41) is 20.6. The van der Waals surface area contributed by atoms with Crippen molar-refractivity contribution in [3.05, 3.63) is 58.9 Å². The van der Waals surface area contributed by atoms with Crippen LogP contribution in [0.15, 0.2) is 42.6 Å². The summed E-state index contributed by atoms with van der Waals surface area (Å²) in [6.07, 6.45) is 2.75. The number of aromatic amines is 1. The largest absolute Gasteiger partial charge is 0.354 e. The molecule has 0 aliphatic heterocycles. The molecule has 0 aliphatic rings. The monoisotopic (exact) mass is 299 g/mol. The smallest absolute Gasteiger partial charge is 0.206 e. The molecule has 0 bridgehead atoms. The summed E-state index contributed by atoms with van der Waals surface area (Å²) in [5.41, 5.74) is 2.32. The molecule has 0 amide bonds. The quantitative estimate of drug-likeness (QED) is 0.732. The van der Waals surface area contributed by atoms with E-state index in [1.807, 2.05) is 12.1 Å². The number of benzene rings is 1. The van der Waals surface area contributed by atoms with Crippen LogP contribution in [0.2, 0.25) is 0 Å². The molecule has 0 unspecified atom stereocenters. The lowest BCUT2D eigenvalue weighted by atomic mass is 9.97. The van der Waals surface area contributed by atoms with Gasteiger partial charge >= 0.3 is 0 Å². The molecule has 0 fully saturated rings. The molecule has 0 spiro atoms. The van der Waals surface area contributed by atoms with Gasteiger partial charge in [0.1, 0.15) is 5.01 Å². The van der Waals surface area contributed by atoms with Crippen LogP contribution in [0.5, 0.6) is 0 Å². The van der Waals surface area contributed by atoms with E-state index in [1.54, 1.807) is 17.5 Å². The number of rotatable bonds is 6. The van der Waals surface area contributed by atoms with Gasteiger partial charge in [-0.15, -0.1) is 10.2 Å². The highest BCUT2D eigenvalue weighted by Gasteiger charge is 2.17. The summed E-state index contributed by atoms with van der Waals surface area (Å²) in [6.45, 7) is 2.85. The molecule has 2 N–H and O–H groups in total. The average molecular weight is 299 g/mol. The van der Waals surface area contributed by atoms with Crippen LogP contribution in [0.25, 0.3) is 0 Å². The summed E-state index contributed by atoms with van der Waals surface area (Å²) in [5.74, 6) is 0.311. The van der Waals surface area contributed by atoms with Crippen molar-refractivity contribution in [1.29, 1.82) is 0 Å². The minimum atomic E-state index is 0.311. The molecule has 0 saturated carbocycles. The molecule has 1 aromatic carbocycles. The first-order valence-electron chi connectivity index (χ1n) is 6.97. The molecule has 2 heterocycles. The Balaban J connectivity index is 1.71. The van der Waals surface area contributed by atoms with Crippen LogP contribution in [0, 0.1) is 0 Å². The Morgan fingerprint density at radius 3 is 2.76 bits per heavy atom. The lowest BCUT2D eigenvalue weighted by Crippen LogP contribution is -1.99. The van der Waals surface area contributed by atoms with Crippen molar-refractivity contribution in [3.63, 3.8) is 0 Å². The van der Waals surface area contributed by atoms with Crippen LogP contribution in [0.4, 0.5) is 5.13 Å². The van der Waals surface area contributed by atoms with Gasteiger partial charge in [0.2, 0.25) is 5.13 Å². The third-order valence-corrected chi connectivity index (χ3v) is 4.33. The fraction of sp³-hybridized carbons (Fsp3) is 0.267. The molecule has 108 valence electrons. The Hall–Kier alpha value is -2.21. The standard InChI is InChI=1S/C15H17N5S/c1-2-13(11-6-4-3-5-7-11)14-19-20-15(21-14)16-10-12-8-9-17-18-12/h3-9,13H,2,10H2,1H3,(H,16,20)(H,17,18)/t13-/m1/s1. The normalized spacial score (nSPS) is 12.2. The molecular formula is C15H17N5S. The van der Waals surface area contributed by atoms with Crippen molar-refractivity contribution in [1.82, 2.24) is 20.4 Å². The summed E-state index contributed by atoms with van der Waals surface area (Å²) < 4.78 is 0. The number of hydrogen-bond donors (Lipinski definition) is 2. The maximum Gasteiger partial charge on any atom is 0.206 e. The van der Waals surface area contributed by atoms with Gasteiger partial charge in [-0.25, -0.2) is 0 Å². The fourth-order valence-corrected chi connectivity index (χ4v) is 3.19. The first-order chi connectivity index (χ1) is 10.4. The SMILES string of the molecule is CC[C@H](c1ccccc1)c1nnc(NCc2ccn[nH]2)s1. The summed E-state index contributed by atoms with van der Waals surface area (Å²) in [7, 11) is 0. The van der Waals surface area contributed by atoms with Crippen LogP contribution in [-0.4, -0.2) is 20.4 Å². The van der Waals surface area contributed by atoms with Crippen molar-refractivity contribution >= 4 is 16.5 Å². The lowest BCUT2D eigenvalue weighted by molar-refractivity contribution is 0.755. The van der Waals surface area contributed by atoms with Gasteiger partial charge in [0.05, 0.1) is 12.2 Å². The number of nitrogens with one attached hydrogen (secondary N) is 2. The van der Waals surface area contributed by atoms with E-state index in [0.717, 1.165) is 22.3 Å². The van der Waals surface area contributed by atoms with Crippen LogP contribution in [0.3, 0.4) is 0 Å². The minimum Gasteiger partial charge on any atom is -0.354 e. The zero-order chi connectivity index (χ0) is 14.5. The first-order valence-corrected chi connectivity index (χ1v) is 7.79. The van der Waals surface area contributed by atoms with Crippen molar-refractivity contribution in [2.45, 2.75) is 25.8 Å². The predicted octanol–water partition coefficient (Wildman–Crippen LogP) is 3.42. The summed E-state index contributed by atoms with van der Waals surface area (Å²) in [4.78, 5) is 0. The maximum absolute atomic E-state index is 4.34. The Labute approximate surface area is 127 Å². The van der Waals surface area contributed by atoms with E-state index in [2.05, 4.69) is 56.9 Å².